The summed E-state index contributed by atoms with van der Waals surface area (Å²) < 4.78 is 6.03. The molecule has 0 radical (unpaired) electrons. The number of hydrogen-bond acceptors (Lipinski definition) is 3. The molecule has 1 heterocycles. The Morgan fingerprint density at radius 2 is 2.16 bits per heavy atom. The van der Waals surface area contributed by atoms with Crippen LogP contribution in [-0.2, 0) is 9.59 Å². The van der Waals surface area contributed by atoms with Crippen LogP contribution in [0, 0.1) is 5.92 Å². The summed E-state index contributed by atoms with van der Waals surface area (Å²) in [5.41, 5.74) is 0. The fourth-order valence-electron chi connectivity index (χ4n) is 1.66. The summed E-state index contributed by atoms with van der Waals surface area (Å²) in [5.74, 6) is -1.02. The van der Waals surface area contributed by atoms with Crippen molar-refractivity contribution in [2.45, 2.75) is 0 Å². The molecule has 1 aliphatic heterocycles. The lowest BCUT2D eigenvalue weighted by Gasteiger charge is -2.36. The van der Waals surface area contributed by atoms with Gasteiger partial charge < -0.3 is 14.7 Å². The zero-order valence-corrected chi connectivity index (χ0v) is 12.1. The second kappa shape index (κ2) is 5.79. The van der Waals surface area contributed by atoms with E-state index in [1.165, 1.54) is 4.90 Å². The van der Waals surface area contributed by atoms with Crippen molar-refractivity contribution in [1.29, 1.82) is 0 Å². The van der Waals surface area contributed by atoms with Gasteiger partial charge in [0, 0.05) is 18.1 Å². The van der Waals surface area contributed by atoms with Crippen LogP contribution in [0.3, 0.4) is 0 Å². The number of carboxylic acids is 1. The predicted molar refractivity (Wildman–Crippen MR) is 72.4 cm³/mol. The van der Waals surface area contributed by atoms with Crippen LogP contribution in [0.2, 0.25) is 5.02 Å². The lowest BCUT2D eigenvalue weighted by atomic mass is 10.0. The second-order valence-corrected chi connectivity index (χ2v) is 5.49. The number of likely N-dealkylation sites (tertiary alicyclic amines) is 1. The molecule has 1 amide bonds. The Morgan fingerprint density at radius 1 is 1.47 bits per heavy atom. The van der Waals surface area contributed by atoms with Gasteiger partial charge in [-0.1, -0.05) is 11.6 Å². The van der Waals surface area contributed by atoms with Gasteiger partial charge in [0.15, 0.2) is 6.61 Å². The van der Waals surface area contributed by atoms with E-state index in [1.54, 1.807) is 18.2 Å². The lowest BCUT2D eigenvalue weighted by Crippen LogP contribution is -2.54. The fourth-order valence-corrected chi connectivity index (χ4v) is 2.46. The van der Waals surface area contributed by atoms with Crippen molar-refractivity contribution in [3.63, 3.8) is 0 Å². The van der Waals surface area contributed by atoms with Crippen LogP contribution in [0.4, 0.5) is 0 Å². The van der Waals surface area contributed by atoms with Crippen molar-refractivity contribution in [1.82, 2.24) is 4.90 Å². The first-order chi connectivity index (χ1) is 8.97. The molecular formula is C12H11BrClNO4. The molecule has 1 saturated heterocycles. The molecule has 102 valence electrons. The molecule has 1 aromatic carbocycles. The maximum absolute atomic E-state index is 11.7. The number of ether oxygens (including phenoxy) is 1. The Balaban J connectivity index is 1.83. The Morgan fingerprint density at radius 3 is 2.74 bits per heavy atom. The van der Waals surface area contributed by atoms with Gasteiger partial charge in [-0.05, 0) is 34.1 Å². The van der Waals surface area contributed by atoms with Crippen molar-refractivity contribution < 1.29 is 19.4 Å². The van der Waals surface area contributed by atoms with Gasteiger partial charge in [0.05, 0.1) is 10.4 Å². The van der Waals surface area contributed by atoms with E-state index in [2.05, 4.69) is 15.9 Å². The maximum atomic E-state index is 11.7. The van der Waals surface area contributed by atoms with Crippen LogP contribution >= 0.6 is 27.5 Å². The molecule has 1 aromatic rings. The number of halogens is 2. The number of benzene rings is 1. The van der Waals surface area contributed by atoms with Gasteiger partial charge in [0.1, 0.15) is 5.75 Å². The zero-order valence-electron chi connectivity index (χ0n) is 9.81. The van der Waals surface area contributed by atoms with Crippen LogP contribution in [0.25, 0.3) is 0 Å². The van der Waals surface area contributed by atoms with Crippen LogP contribution in [0.5, 0.6) is 5.75 Å². The van der Waals surface area contributed by atoms with Gasteiger partial charge in [-0.3, -0.25) is 9.59 Å². The van der Waals surface area contributed by atoms with Crippen molar-refractivity contribution in [3.8, 4) is 5.75 Å². The first-order valence-electron chi connectivity index (χ1n) is 5.56. The number of rotatable bonds is 4. The average molecular weight is 349 g/mol. The van der Waals surface area contributed by atoms with Gasteiger partial charge >= 0.3 is 5.97 Å². The highest BCUT2D eigenvalue weighted by Crippen LogP contribution is 2.28. The molecule has 0 atom stereocenters. The summed E-state index contributed by atoms with van der Waals surface area (Å²) in [5, 5.41) is 9.28. The number of carbonyl (C=O) groups excluding carboxylic acids is 1. The quantitative estimate of drug-likeness (QED) is 0.904. The Hall–Kier alpha value is -1.27. The minimum absolute atomic E-state index is 0.118. The monoisotopic (exact) mass is 347 g/mol. The Kier molecular flexibility index (Phi) is 4.31. The highest BCUT2D eigenvalue weighted by Gasteiger charge is 2.35. The molecule has 1 aliphatic rings. The van der Waals surface area contributed by atoms with Crippen LogP contribution in [0.15, 0.2) is 22.7 Å². The molecule has 1 fully saturated rings. The summed E-state index contributed by atoms with van der Waals surface area (Å²) in [4.78, 5) is 23.8. The van der Waals surface area contributed by atoms with Crippen LogP contribution in [0.1, 0.15) is 0 Å². The maximum Gasteiger partial charge on any atom is 0.310 e. The first kappa shape index (κ1) is 14.1. The van der Waals surface area contributed by atoms with E-state index in [0.717, 1.165) is 0 Å². The summed E-state index contributed by atoms with van der Waals surface area (Å²) in [6.45, 7) is 0.380. The van der Waals surface area contributed by atoms with Gasteiger partial charge in [-0.25, -0.2) is 0 Å². The molecule has 2 rings (SSSR count). The Bertz CT molecular complexity index is 516. The van der Waals surface area contributed by atoms with Crippen LogP contribution in [-0.4, -0.2) is 41.6 Å². The van der Waals surface area contributed by atoms with E-state index in [0.29, 0.717) is 15.2 Å². The van der Waals surface area contributed by atoms with E-state index in [4.69, 9.17) is 21.4 Å². The first-order valence-corrected chi connectivity index (χ1v) is 6.73. The minimum atomic E-state index is -0.870. The highest BCUT2D eigenvalue weighted by atomic mass is 79.9. The third-order valence-corrected chi connectivity index (χ3v) is 3.68. The predicted octanol–water partition coefficient (Wildman–Crippen LogP) is 2.02. The molecular weight excluding hydrogens is 337 g/mol. The summed E-state index contributed by atoms with van der Waals surface area (Å²) >= 11 is 9.07. The van der Waals surface area contributed by atoms with E-state index in [9.17, 15) is 9.59 Å². The molecule has 19 heavy (non-hydrogen) atoms. The van der Waals surface area contributed by atoms with Gasteiger partial charge in [0.2, 0.25) is 0 Å². The SMILES string of the molecule is O=C(O)C1CN(C(=O)COc2ccc(Cl)cc2Br)C1. The summed E-state index contributed by atoms with van der Waals surface area (Å²) in [7, 11) is 0. The highest BCUT2D eigenvalue weighted by molar-refractivity contribution is 9.10. The van der Waals surface area contributed by atoms with E-state index in [1.807, 2.05) is 0 Å². The molecule has 0 bridgehead atoms. The minimum Gasteiger partial charge on any atom is -0.483 e. The third kappa shape index (κ3) is 3.39. The van der Waals surface area contributed by atoms with Crippen molar-refractivity contribution in [2.75, 3.05) is 19.7 Å². The average Bonchev–Trinajstić information content (AvgIpc) is 2.25. The van der Waals surface area contributed by atoms with Crippen LogP contribution < -0.4 is 4.74 Å². The number of aliphatic carboxylic acids is 1. The van der Waals surface area contributed by atoms with Crippen molar-refractivity contribution in [3.05, 3.63) is 27.7 Å². The number of amides is 1. The van der Waals surface area contributed by atoms with E-state index in [-0.39, 0.29) is 25.6 Å². The molecule has 0 aliphatic carbocycles. The molecule has 0 aromatic heterocycles. The number of carboxylic acid groups (broad SMARTS) is 1. The Labute approximate surface area is 123 Å². The topological polar surface area (TPSA) is 66.8 Å². The largest absolute Gasteiger partial charge is 0.483 e. The fraction of sp³-hybridized carbons (Fsp3) is 0.333. The summed E-state index contributed by atoms with van der Waals surface area (Å²) in [6.07, 6.45) is 0. The summed E-state index contributed by atoms with van der Waals surface area (Å²) in [6, 6.07) is 5.00. The molecule has 0 saturated carbocycles. The number of carbonyl (C=O) groups is 2. The smallest absolute Gasteiger partial charge is 0.310 e. The van der Waals surface area contributed by atoms with Gasteiger partial charge in [0.25, 0.3) is 5.91 Å². The molecule has 0 unspecified atom stereocenters. The van der Waals surface area contributed by atoms with Gasteiger partial charge in [-0.15, -0.1) is 0 Å². The second-order valence-electron chi connectivity index (χ2n) is 4.20. The van der Waals surface area contributed by atoms with E-state index >= 15 is 0 Å². The van der Waals surface area contributed by atoms with Crippen molar-refractivity contribution >= 4 is 39.4 Å². The normalized spacial score (nSPS) is 14.9. The van der Waals surface area contributed by atoms with E-state index < -0.39 is 11.9 Å². The number of nitrogens with zero attached hydrogens (tertiary/aromatic N) is 1. The third-order valence-electron chi connectivity index (χ3n) is 2.83. The van der Waals surface area contributed by atoms with Gasteiger partial charge in [-0.2, -0.15) is 0 Å². The standard InChI is InChI=1S/C12H11BrClNO4/c13-9-3-8(14)1-2-10(9)19-6-11(16)15-4-7(5-15)12(17)18/h1-3,7H,4-6H2,(H,17,18). The number of hydrogen-bond donors (Lipinski definition) is 1. The molecule has 7 heteroatoms. The molecule has 0 spiro atoms. The molecule has 1 N–H and O–H groups in total. The molecule has 5 nitrogen and oxygen atoms in total. The van der Waals surface area contributed by atoms with Crippen molar-refractivity contribution in [2.24, 2.45) is 5.92 Å². The lowest BCUT2D eigenvalue weighted by molar-refractivity contribution is -0.153. The zero-order chi connectivity index (χ0) is 14.0.